The van der Waals surface area contributed by atoms with Gasteiger partial charge in [-0.2, -0.15) is 0 Å². The molecule has 0 radical (unpaired) electrons. The summed E-state index contributed by atoms with van der Waals surface area (Å²) in [5, 5.41) is 42.4. The maximum Gasteiger partial charge on any atom is 0.247 e. The van der Waals surface area contributed by atoms with Crippen LogP contribution >= 0.6 is 0 Å². The third kappa shape index (κ3) is 2.48. The monoisotopic (exact) mass is 235 g/mol. The van der Waals surface area contributed by atoms with Crippen LogP contribution in [-0.2, 0) is 4.79 Å². The molecule has 8 heteroatoms. The molecule has 4 atom stereocenters. The van der Waals surface area contributed by atoms with Crippen LogP contribution < -0.4 is 16.4 Å². The molecule has 8 N–H and O–H groups in total. The van der Waals surface area contributed by atoms with E-state index in [1.54, 1.807) is 0 Å². The van der Waals surface area contributed by atoms with Gasteiger partial charge in [-0.3, -0.25) is 10.1 Å². The first kappa shape index (κ1) is 13.3. The topological polar surface area (TPSA) is 148 Å². The fraction of sp³-hybridized carbons (Fsp3) is 0.875. The van der Waals surface area contributed by atoms with Crippen molar-refractivity contribution in [3.05, 3.63) is 0 Å². The van der Waals surface area contributed by atoms with Gasteiger partial charge in [0.15, 0.2) is 0 Å². The average molecular weight is 235 g/mol. The predicted molar refractivity (Wildman–Crippen MR) is 53.0 cm³/mol. The quantitative estimate of drug-likeness (QED) is 0.260. The maximum atomic E-state index is 10.9. The van der Waals surface area contributed by atoms with Gasteiger partial charge in [0.1, 0.15) is 30.6 Å². The second-order valence-electron chi connectivity index (χ2n) is 3.83. The van der Waals surface area contributed by atoms with E-state index >= 15 is 0 Å². The number of rotatable bonds is 3. The van der Waals surface area contributed by atoms with E-state index in [2.05, 4.69) is 10.6 Å². The van der Waals surface area contributed by atoms with E-state index < -0.39 is 36.5 Å². The minimum absolute atomic E-state index is 0.0713. The Morgan fingerprint density at radius 2 is 2.19 bits per heavy atom. The lowest BCUT2D eigenvalue weighted by Gasteiger charge is -2.43. The van der Waals surface area contributed by atoms with Crippen molar-refractivity contribution in [3.63, 3.8) is 0 Å². The summed E-state index contributed by atoms with van der Waals surface area (Å²) in [5.74, 6) is -0.693. The molecule has 0 unspecified atom stereocenters. The van der Waals surface area contributed by atoms with Crippen LogP contribution in [0.3, 0.4) is 0 Å². The Labute approximate surface area is 92.1 Å². The normalized spacial score (nSPS) is 39.4. The molecule has 1 aliphatic rings. The Bertz CT molecular complexity index is 264. The molecule has 16 heavy (non-hydrogen) atoms. The summed E-state index contributed by atoms with van der Waals surface area (Å²) < 4.78 is 0. The number of hydrogen-bond acceptors (Lipinski definition) is 7. The van der Waals surface area contributed by atoms with E-state index in [0.29, 0.717) is 0 Å². The average Bonchev–Trinajstić information content (AvgIpc) is 2.30. The highest BCUT2D eigenvalue weighted by Gasteiger charge is 2.46. The fourth-order valence-corrected chi connectivity index (χ4v) is 1.56. The number of carbonyl (C=O) groups is 1. The molecule has 0 aromatic carbocycles. The molecule has 1 amide bonds. The molecule has 1 saturated heterocycles. The third-order valence-electron chi connectivity index (χ3n) is 2.66. The molecule has 1 rings (SSSR count). The van der Waals surface area contributed by atoms with E-state index in [-0.39, 0.29) is 13.1 Å². The molecule has 1 heterocycles. The van der Waals surface area contributed by atoms with Crippen LogP contribution in [0, 0.1) is 0 Å². The molecule has 0 bridgehead atoms. The van der Waals surface area contributed by atoms with Crippen LogP contribution in [0.15, 0.2) is 0 Å². The van der Waals surface area contributed by atoms with Crippen LogP contribution in [0.4, 0.5) is 0 Å². The number of nitrogens with two attached hydrogens (primary N) is 1. The van der Waals surface area contributed by atoms with Crippen molar-refractivity contribution in [2.75, 3.05) is 19.7 Å². The lowest BCUT2D eigenvalue weighted by atomic mass is 9.87. The van der Waals surface area contributed by atoms with Crippen molar-refractivity contribution in [2.24, 2.45) is 5.73 Å². The van der Waals surface area contributed by atoms with Crippen LogP contribution in [0.25, 0.3) is 0 Å². The number of aliphatic hydroxyl groups excluding tert-OH is 3. The lowest BCUT2D eigenvalue weighted by molar-refractivity contribution is -0.157. The summed E-state index contributed by atoms with van der Waals surface area (Å²) >= 11 is 0. The van der Waals surface area contributed by atoms with Crippen molar-refractivity contribution < 1.29 is 25.2 Å². The van der Waals surface area contributed by atoms with Gasteiger partial charge in [0, 0.05) is 13.1 Å². The van der Waals surface area contributed by atoms with Crippen molar-refractivity contribution in [3.8, 4) is 0 Å². The Morgan fingerprint density at radius 3 is 2.69 bits per heavy atom. The van der Waals surface area contributed by atoms with Crippen LogP contribution in [-0.4, -0.2) is 70.0 Å². The molecule has 94 valence electrons. The molecule has 8 nitrogen and oxygen atoms in total. The minimum atomic E-state index is -1.63. The minimum Gasteiger partial charge on any atom is -0.387 e. The van der Waals surface area contributed by atoms with Gasteiger partial charge < -0.3 is 31.5 Å². The first-order chi connectivity index (χ1) is 7.44. The third-order valence-corrected chi connectivity index (χ3v) is 2.66. The number of nitrogens with one attached hydrogen (secondary N) is 2. The SMILES string of the molecule is NC[C@@]1(O)CN[C@H](NC(=O)CO)[C@@H](O)[C@H]1O. The highest BCUT2D eigenvalue weighted by atomic mass is 16.4. The van der Waals surface area contributed by atoms with Crippen LogP contribution in [0.1, 0.15) is 0 Å². The van der Waals surface area contributed by atoms with Crippen molar-refractivity contribution in [2.45, 2.75) is 24.0 Å². The highest BCUT2D eigenvalue weighted by molar-refractivity contribution is 5.77. The number of carbonyl (C=O) groups excluding carboxylic acids is 1. The van der Waals surface area contributed by atoms with Gasteiger partial charge in [-0.25, -0.2) is 0 Å². The lowest BCUT2D eigenvalue weighted by Crippen LogP contribution is -2.72. The standard InChI is InChI=1S/C8H17N3O5/c9-2-8(16)3-10-7(5(14)6(8)15)11-4(13)1-12/h5-7,10,12,14-16H,1-3,9H2,(H,11,13)/t5-,6+,7+,8+/m0/s1. The van der Waals surface area contributed by atoms with Crippen molar-refractivity contribution in [1.29, 1.82) is 0 Å². The van der Waals surface area contributed by atoms with E-state index in [1.165, 1.54) is 0 Å². The zero-order valence-corrected chi connectivity index (χ0v) is 8.63. The van der Waals surface area contributed by atoms with Gasteiger partial charge in [0.05, 0.1) is 0 Å². The highest BCUT2D eigenvalue weighted by Crippen LogP contribution is 2.18. The second kappa shape index (κ2) is 5.04. The molecule has 0 aromatic rings. The smallest absolute Gasteiger partial charge is 0.247 e. The molecule has 1 fully saturated rings. The van der Waals surface area contributed by atoms with Crippen molar-refractivity contribution >= 4 is 5.91 Å². The number of β-amino-alcohol motifs (C(OH)–C–C–N with tert-alkyl or cyclic N) is 1. The zero-order chi connectivity index (χ0) is 12.3. The van der Waals surface area contributed by atoms with Gasteiger partial charge in [-0.05, 0) is 0 Å². The predicted octanol–water partition coefficient (Wildman–Crippen LogP) is -4.56. The van der Waals surface area contributed by atoms with Gasteiger partial charge in [0.2, 0.25) is 5.91 Å². The number of amides is 1. The van der Waals surface area contributed by atoms with E-state index in [1.807, 2.05) is 0 Å². The van der Waals surface area contributed by atoms with E-state index in [9.17, 15) is 20.1 Å². The summed E-state index contributed by atoms with van der Waals surface area (Å²) in [6, 6.07) is 0. The number of hydrogen-bond donors (Lipinski definition) is 7. The first-order valence-corrected chi connectivity index (χ1v) is 4.87. The molecular weight excluding hydrogens is 218 g/mol. The zero-order valence-electron chi connectivity index (χ0n) is 8.63. The Balaban J connectivity index is 2.65. The molecule has 0 aromatic heterocycles. The summed E-state index contributed by atoms with van der Waals surface area (Å²) in [6.07, 6.45) is -3.80. The summed E-state index contributed by atoms with van der Waals surface area (Å²) in [7, 11) is 0. The fourth-order valence-electron chi connectivity index (χ4n) is 1.56. The van der Waals surface area contributed by atoms with Crippen molar-refractivity contribution in [1.82, 2.24) is 10.6 Å². The molecular formula is C8H17N3O5. The van der Waals surface area contributed by atoms with Crippen LogP contribution in [0.2, 0.25) is 0 Å². The molecule has 1 aliphatic heterocycles. The van der Waals surface area contributed by atoms with Crippen LogP contribution in [0.5, 0.6) is 0 Å². The number of piperidine rings is 1. The first-order valence-electron chi connectivity index (χ1n) is 4.87. The Kier molecular flexibility index (Phi) is 4.19. The Hall–Kier alpha value is -0.770. The van der Waals surface area contributed by atoms with Gasteiger partial charge >= 0.3 is 0 Å². The van der Waals surface area contributed by atoms with Gasteiger partial charge in [-0.15, -0.1) is 0 Å². The van der Waals surface area contributed by atoms with Gasteiger partial charge in [-0.1, -0.05) is 0 Å². The largest absolute Gasteiger partial charge is 0.387 e. The Morgan fingerprint density at radius 1 is 1.56 bits per heavy atom. The summed E-state index contributed by atoms with van der Waals surface area (Å²) in [6.45, 7) is -1.01. The number of aliphatic hydroxyl groups is 4. The van der Waals surface area contributed by atoms with E-state index in [0.717, 1.165) is 0 Å². The molecule has 0 spiro atoms. The van der Waals surface area contributed by atoms with E-state index in [4.69, 9.17) is 10.8 Å². The second-order valence-corrected chi connectivity index (χ2v) is 3.83. The van der Waals surface area contributed by atoms with Gasteiger partial charge in [0.25, 0.3) is 0 Å². The summed E-state index contributed by atoms with van der Waals surface area (Å²) in [5.41, 5.74) is 3.65. The summed E-state index contributed by atoms with van der Waals surface area (Å²) in [4.78, 5) is 10.9. The molecule has 0 aliphatic carbocycles. The maximum absolute atomic E-state index is 10.9. The molecule has 0 saturated carbocycles.